The van der Waals surface area contributed by atoms with Gasteiger partial charge in [-0.15, -0.1) is 0 Å². The van der Waals surface area contributed by atoms with E-state index in [9.17, 15) is 4.79 Å². The van der Waals surface area contributed by atoms with Crippen molar-refractivity contribution >= 4 is 5.91 Å². The lowest BCUT2D eigenvalue weighted by Crippen LogP contribution is -2.30. The molecule has 1 amide bonds. The summed E-state index contributed by atoms with van der Waals surface area (Å²) in [6.07, 6.45) is 5.30. The van der Waals surface area contributed by atoms with E-state index in [4.69, 9.17) is 0 Å². The molecule has 2 atom stereocenters. The lowest BCUT2D eigenvalue weighted by molar-refractivity contribution is -0.133. The van der Waals surface area contributed by atoms with Crippen molar-refractivity contribution in [1.82, 2.24) is 14.9 Å². The SMILES string of the molecule is CCC(CC(C)c1ncc[nH]1)C(=O)N(C)C. The van der Waals surface area contributed by atoms with Gasteiger partial charge in [0.15, 0.2) is 0 Å². The van der Waals surface area contributed by atoms with Gasteiger partial charge in [-0.25, -0.2) is 4.98 Å². The number of amides is 1. The van der Waals surface area contributed by atoms with E-state index in [-0.39, 0.29) is 11.8 Å². The third kappa shape index (κ3) is 3.08. The lowest BCUT2D eigenvalue weighted by atomic mass is 9.92. The van der Waals surface area contributed by atoms with Crippen LogP contribution in [0.4, 0.5) is 0 Å². The number of aromatic nitrogens is 2. The molecule has 0 spiro atoms. The van der Waals surface area contributed by atoms with E-state index in [1.165, 1.54) is 0 Å². The molecule has 4 heteroatoms. The Morgan fingerprint density at radius 2 is 2.25 bits per heavy atom. The van der Waals surface area contributed by atoms with Crippen LogP contribution >= 0.6 is 0 Å². The molecule has 1 N–H and O–H groups in total. The highest BCUT2D eigenvalue weighted by atomic mass is 16.2. The number of carbonyl (C=O) groups excluding carboxylic acids is 1. The highest BCUT2D eigenvalue weighted by Gasteiger charge is 2.22. The Balaban J connectivity index is 2.60. The van der Waals surface area contributed by atoms with Crippen LogP contribution in [0.1, 0.15) is 38.4 Å². The fourth-order valence-corrected chi connectivity index (χ4v) is 1.89. The average Bonchev–Trinajstić information content (AvgIpc) is 2.77. The van der Waals surface area contributed by atoms with E-state index in [0.717, 1.165) is 18.7 Å². The number of hydrogen-bond acceptors (Lipinski definition) is 2. The predicted molar refractivity (Wildman–Crippen MR) is 64.1 cm³/mol. The van der Waals surface area contributed by atoms with Gasteiger partial charge in [0.1, 0.15) is 5.82 Å². The lowest BCUT2D eigenvalue weighted by Gasteiger charge is -2.21. The van der Waals surface area contributed by atoms with Gasteiger partial charge in [0.05, 0.1) is 0 Å². The first-order valence-corrected chi connectivity index (χ1v) is 5.76. The monoisotopic (exact) mass is 223 g/mol. The van der Waals surface area contributed by atoms with Crippen molar-refractivity contribution in [1.29, 1.82) is 0 Å². The van der Waals surface area contributed by atoms with Crippen LogP contribution in [0, 0.1) is 5.92 Å². The molecule has 0 saturated heterocycles. The van der Waals surface area contributed by atoms with Crippen molar-refractivity contribution in [3.05, 3.63) is 18.2 Å². The molecule has 0 fully saturated rings. The third-order valence-corrected chi connectivity index (χ3v) is 2.91. The molecule has 1 aromatic heterocycles. The Hall–Kier alpha value is -1.32. The van der Waals surface area contributed by atoms with E-state index in [0.29, 0.717) is 5.92 Å². The highest BCUT2D eigenvalue weighted by Crippen LogP contribution is 2.23. The summed E-state index contributed by atoms with van der Waals surface area (Å²) < 4.78 is 0. The molecule has 1 rings (SSSR count). The fourth-order valence-electron chi connectivity index (χ4n) is 1.89. The van der Waals surface area contributed by atoms with Crippen LogP contribution < -0.4 is 0 Å². The van der Waals surface area contributed by atoms with Gasteiger partial charge in [0.25, 0.3) is 0 Å². The van der Waals surface area contributed by atoms with Crippen molar-refractivity contribution in [3.8, 4) is 0 Å². The predicted octanol–water partition coefficient (Wildman–Crippen LogP) is 2.02. The van der Waals surface area contributed by atoms with Gasteiger partial charge in [0, 0.05) is 38.3 Å². The second-order valence-corrected chi connectivity index (χ2v) is 4.45. The van der Waals surface area contributed by atoms with Crippen LogP contribution in [0.25, 0.3) is 0 Å². The Morgan fingerprint density at radius 3 is 2.69 bits per heavy atom. The van der Waals surface area contributed by atoms with Crippen LogP contribution in [-0.4, -0.2) is 34.9 Å². The summed E-state index contributed by atoms with van der Waals surface area (Å²) in [6.45, 7) is 4.16. The molecule has 0 aromatic carbocycles. The van der Waals surface area contributed by atoms with Gasteiger partial charge >= 0.3 is 0 Å². The molecule has 0 bridgehead atoms. The zero-order chi connectivity index (χ0) is 12.1. The third-order valence-electron chi connectivity index (χ3n) is 2.91. The molecule has 1 heterocycles. The molecular weight excluding hydrogens is 202 g/mol. The number of carbonyl (C=O) groups is 1. The van der Waals surface area contributed by atoms with Gasteiger partial charge < -0.3 is 9.88 Å². The van der Waals surface area contributed by atoms with E-state index in [1.54, 1.807) is 11.1 Å². The summed E-state index contributed by atoms with van der Waals surface area (Å²) in [7, 11) is 3.62. The molecule has 1 aromatic rings. The Kier molecular flexibility index (Phi) is 4.52. The van der Waals surface area contributed by atoms with E-state index in [2.05, 4.69) is 23.8 Å². The number of imidazole rings is 1. The summed E-state index contributed by atoms with van der Waals surface area (Å²) in [6, 6.07) is 0. The topological polar surface area (TPSA) is 49.0 Å². The maximum atomic E-state index is 11.9. The summed E-state index contributed by atoms with van der Waals surface area (Å²) in [5, 5.41) is 0. The maximum absolute atomic E-state index is 11.9. The first-order chi connectivity index (χ1) is 7.56. The van der Waals surface area contributed by atoms with Crippen molar-refractivity contribution in [2.45, 2.75) is 32.6 Å². The second-order valence-electron chi connectivity index (χ2n) is 4.45. The smallest absolute Gasteiger partial charge is 0.225 e. The Morgan fingerprint density at radius 1 is 1.56 bits per heavy atom. The molecule has 16 heavy (non-hydrogen) atoms. The van der Waals surface area contributed by atoms with Crippen LogP contribution in [0.3, 0.4) is 0 Å². The van der Waals surface area contributed by atoms with Gasteiger partial charge in [-0.2, -0.15) is 0 Å². The zero-order valence-corrected chi connectivity index (χ0v) is 10.5. The van der Waals surface area contributed by atoms with Crippen LogP contribution in [0.15, 0.2) is 12.4 Å². The van der Waals surface area contributed by atoms with E-state index in [1.807, 2.05) is 20.3 Å². The molecule has 0 aliphatic rings. The number of aromatic amines is 1. The standard InChI is InChI=1S/C12H21N3O/c1-5-10(12(16)15(3)4)8-9(2)11-13-6-7-14-11/h6-7,9-10H,5,8H2,1-4H3,(H,13,14). The summed E-state index contributed by atoms with van der Waals surface area (Å²) >= 11 is 0. The largest absolute Gasteiger partial charge is 0.349 e. The summed E-state index contributed by atoms with van der Waals surface area (Å²) in [5.41, 5.74) is 0. The highest BCUT2D eigenvalue weighted by molar-refractivity contribution is 5.78. The van der Waals surface area contributed by atoms with E-state index >= 15 is 0 Å². The van der Waals surface area contributed by atoms with Crippen molar-refractivity contribution in [2.75, 3.05) is 14.1 Å². The minimum absolute atomic E-state index is 0.0927. The Bertz CT molecular complexity index is 319. The molecule has 4 nitrogen and oxygen atoms in total. The zero-order valence-electron chi connectivity index (χ0n) is 10.5. The average molecular weight is 223 g/mol. The van der Waals surface area contributed by atoms with Crippen LogP contribution in [-0.2, 0) is 4.79 Å². The summed E-state index contributed by atoms with van der Waals surface area (Å²) in [4.78, 5) is 20.9. The summed E-state index contributed by atoms with van der Waals surface area (Å²) in [5.74, 6) is 1.56. The van der Waals surface area contributed by atoms with Gasteiger partial charge in [-0.1, -0.05) is 13.8 Å². The molecule has 0 radical (unpaired) electrons. The Labute approximate surface area is 97.1 Å². The molecular formula is C12H21N3O. The van der Waals surface area contributed by atoms with Crippen LogP contribution in [0.5, 0.6) is 0 Å². The molecule has 0 saturated carbocycles. The molecule has 90 valence electrons. The maximum Gasteiger partial charge on any atom is 0.225 e. The number of hydrogen-bond donors (Lipinski definition) is 1. The minimum atomic E-state index is 0.0927. The normalized spacial score (nSPS) is 14.5. The molecule has 2 unspecified atom stereocenters. The van der Waals surface area contributed by atoms with Crippen molar-refractivity contribution in [2.24, 2.45) is 5.92 Å². The van der Waals surface area contributed by atoms with Crippen molar-refractivity contribution < 1.29 is 4.79 Å². The number of nitrogens with zero attached hydrogens (tertiary/aromatic N) is 2. The van der Waals surface area contributed by atoms with Gasteiger partial charge in [-0.3, -0.25) is 4.79 Å². The second kappa shape index (κ2) is 5.68. The van der Waals surface area contributed by atoms with E-state index < -0.39 is 0 Å². The van der Waals surface area contributed by atoms with Gasteiger partial charge in [0.2, 0.25) is 5.91 Å². The van der Waals surface area contributed by atoms with Crippen LogP contribution in [0.2, 0.25) is 0 Å². The number of rotatable bonds is 5. The number of nitrogens with one attached hydrogen (secondary N) is 1. The molecule has 0 aliphatic heterocycles. The van der Waals surface area contributed by atoms with Gasteiger partial charge in [-0.05, 0) is 12.8 Å². The number of H-pyrrole nitrogens is 1. The van der Waals surface area contributed by atoms with Crippen molar-refractivity contribution in [3.63, 3.8) is 0 Å². The quantitative estimate of drug-likeness (QED) is 0.830. The first kappa shape index (κ1) is 12.7. The fraction of sp³-hybridized carbons (Fsp3) is 0.667. The minimum Gasteiger partial charge on any atom is -0.349 e. The first-order valence-electron chi connectivity index (χ1n) is 5.76. The molecule has 0 aliphatic carbocycles.